The van der Waals surface area contributed by atoms with Crippen LogP contribution in [0, 0.1) is 13.8 Å². The molecule has 0 saturated carbocycles. The lowest BCUT2D eigenvalue weighted by molar-refractivity contribution is 0.129. The van der Waals surface area contributed by atoms with Gasteiger partial charge in [0.05, 0.1) is 56.9 Å². The number of hydrogen-bond donors (Lipinski definition) is 0. The maximum atomic E-state index is 5.76. The molecule has 0 amide bonds. The maximum absolute atomic E-state index is 5.76. The van der Waals surface area contributed by atoms with Gasteiger partial charge in [0, 0.05) is 48.4 Å². The predicted molar refractivity (Wildman–Crippen MR) is 220 cm³/mol. The summed E-state index contributed by atoms with van der Waals surface area (Å²) in [5.74, 6) is 5.37. The van der Waals surface area contributed by atoms with Gasteiger partial charge in [0.15, 0.2) is 23.0 Å². The fourth-order valence-electron chi connectivity index (χ4n) is 8.19. The summed E-state index contributed by atoms with van der Waals surface area (Å²) in [5.41, 5.74) is 4.43. The van der Waals surface area contributed by atoms with Crippen molar-refractivity contribution in [1.82, 2.24) is 9.80 Å². The zero-order valence-corrected chi connectivity index (χ0v) is 35.7. The van der Waals surface area contributed by atoms with Crippen molar-refractivity contribution in [2.75, 3.05) is 96.1 Å². The van der Waals surface area contributed by atoms with Crippen molar-refractivity contribution in [3.05, 3.63) is 22.3 Å². The third-order valence-corrected chi connectivity index (χ3v) is 11.3. The van der Waals surface area contributed by atoms with E-state index in [-0.39, 0.29) is 0 Å². The second-order valence-corrected chi connectivity index (χ2v) is 14.6. The van der Waals surface area contributed by atoms with E-state index < -0.39 is 0 Å². The van der Waals surface area contributed by atoms with Gasteiger partial charge in [0.25, 0.3) is 0 Å². The average molecular weight is 759 g/mol. The first-order chi connectivity index (χ1) is 26.3. The smallest absolute Gasteiger partial charge is 0.207 e. The molecule has 0 atom stereocenters. The summed E-state index contributed by atoms with van der Waals surface area (Å²) >= 11 is 0. The topological polar surface area (TPSA) is 80.3 Å². The van der Waals surface area contributed by atoms with E-state index in [0.717, 1.165) is 70.9 Å². The van der Waals surface area contributed by atoms with Crippen LogP contribution in [0.5, 0.6) is 46.0 Å². The van der Waals surface area contributed by atoms with Crippen molar-refractivity contribution in [2.24, 2.45) is 0 Å². The number of rotatable bonds is 28. The van der Waals surface area contributed by atoms with Crippen LogP contribution in [-0.4, -0.2) is 106 Å². The van der Waals surface area contributed by atoms with Crippen LogP contribution >= 0.6 is 0 Å². The second kappa shape index (κ2) is 25.0. The Labute approximate surface area is 328 Å². The molecule has 1 saturated heterocycles. The van der Waals surface area contributed by atoms with Crippen LogP contribution in [0.2, 0.25) is 0 Å². The van der Waals surface area contributed by atoms with Crippen LogP contribution in [0.25, 0.3) is 0 Å². The van der Waals surface area contributed by atoms with E-state index >= 15 is 0 Å². The molecule has 0 unspecified atom stereocenters. The van der Waals surface area contributed by atoms with Gasteiger partial charge in [-0.3, -0.25) is 0 Å². The number of nitrogens with zero attached hydrogens (tertiary/aromatic N) is 2. The highest BCUT2D eigenvalue weighted by Gasteiger charge is 2.26. The van der Waals surface area contributed by atoms with Gasteiger partial charge in [0.2, 0.25) is 23.0 Å². The molecule has 1 aliphatic heterocycles. The fourth-order valence-corrected chi connectivity index (χ4v) is 8.19. The number of unbranched alkanes of at least 4 members (excludes halogenated alkanes) is 12. The van der Waals surface area contributed by atoms with Crippen LogP contribution in [0.3, 0.4) is 0 Å². The molecule has 10 heteroatoms. The van der Waals surface area contributed by atoms with Gasteiger partial charge in [-0.2, -0.15) is 0 Å². The molecular formula is C44H74N2O8. The predicted octanol–water partition coefficient (Wildman–Crippen LogP) is 9.24. The highest BCUT2D eigenvalue weighted by molar-refractivity contribution is 5.67. The van der Waals surface area contributed by atoms with Gasteiger partial charge in [0.1, 0.15) is 0 Å². The molecular weight excluding hydrogens is 684 g/mol. The van der Waals surface area contributed by atoms with Crippen LogP contribution in [0.4, 0.5) is 0 Å². The summed E-state index contributed by atoms with van der Waals surface area (Å²) in [5, 5.41) is 0. The van der Waals surface area contributed by atoms with Gasteiger partial charge in [-0.05, 0) is 65.5 Å². The van der Waals surface area contributed by atoms with Crippen LogP contribution in [-0.2, 0) is 12.8 Å². The maximum Gasteiger partial charge on any atom is 0.207 e. The zero-order chi connectivity index (χ0) is 39.3. The first kappa shape index (κ1) is 45.2. The van der Waals surface area contributed by atoms with E-state index in [9.17, 15) is 0 Å². The summed E-state index contributed by atoms with van der Waals surface area (Å²) in [4.78, 5) is 5.36. The van der Waals surface area contributed by atoms with Gasteiger partial charge in [-0.1, -0.05) is 64.2 Å². The molecule has 0 spiro atoms. The Hall–Kier alpha value is -3.24. The van der Waals surface area contributed by atoms with Crippen LogP contribution < -0.4 is 37.9 Å². The molecule has 1 aliphatic rings. The molecule has 0 N–H and O–H groups in total. The molecule has 2 aromatic carbocycles. The minimum atomic E-state index is 0.591. The average Bonchev–Trinajstić information content (AvgIpc) is 3.19. The molecule has 0 aliphatic carbocycles. The Bertz CT molecular complexity index is 1270. The molecule has 10 nitrogen and oxygen atoms in total. The quantitative estimate of drug-likeness (QED) is 0.0784. The number of piperazine rings is 1. The summed E-state index contributed by atoms with van der Waals surface area (Å²) in [6.45, 7) is 11.5. The minimum absolute atomic E-state index is 0.591. The molecule has 1 fully saturated rings. The lowest BCUT2D eigenvalue weighted by atomic mass is 9.98. The number of ether oxygens (including phenoxy) is 8. The van der Waals surface area contributed by atoms with Crippen LogP contribution in [0.15, 0.2) is 0 Å². The van der Waals surface area contributed by atoms with Crippen molar-refractivity contribution < 1.29 is 37.9 Å². The first-order valence-electron chi connectivity index (χ1n) is 20.5. The van der Waals surface area contributed by atoms with Crippen molar-refractivity contribution in [3.8, 4) is 46.0 Å². The lowest BCUT2D eigenvalue weighted by Gasteiger charge is -2.34. The van der Waals surface area contributed by atoms with Gasteiger partial charge < -0.3 is 47.7 Å². The van der Waals surface area contributed by atoms with Crippen molar-refractivity contribution >= 4 is 0 Å². The van der Waals surface area contributed by atoms with Crippen LogP contribution in [0.1, 0.15) is 112 Å². The number of methoxy groups -OCH3 is 8. The zero-order valence-electron chi connectivity index (χ0n) is 35.7. The van der Waals surface area contributed by atoms with E-state index in [2.05, 4.69) is 23.6 Å². The molecule has 2 aromatic rings. The molecule has 54 heavy (non-hydrogen) atoms. The van der Waals surface area contributed by atoms with Crippen molar-refractivity contribution in [1.29, 1.82) is 0 Å². The number of hydrogen-bond acceptors (Lipinski definition) is 10. The second-order valence-electron chi connectivity index (χ2n) is 14.6. The van der Waals surface area contributed by atoms with Gasteiger partial charge >= 0.3 is 0 Å². The van der Waals surface area contributed by atoms with Gasteiger partial charge in [-0.25, -0.2) is 0 Å². The minimum Gasteiger partial charge on any atom is -0.492 e. The third kappa shape index (κ3) is 12.4. The molecule has 0 bridgehead atoms. The summed E-state index contributed by atoms with van der Waals surface area (Å²) in [6.07, 6.45) is 19.7. The van der Waals surface area contributed by atoms with E-state index in [0.29, 0.717) is 23.0 Å². The Kier molecular flexibility index (Phi) is 20.9. The van der Waals surface area contributed by atoms with Crippen molar-refractivity contribution in [2.45, 2.75) is 117 Å². The summed E-state index contributed by atoms with van der Waals surface area (Å²) < 4.78 is 45.3. The Morgan fingerprint density at radius 1 is 0.315 bits per heavy atom. The van der Waals surface area contributed by atoms with Gasteiger partial charge in [-0.15, -0.1) is 0 Å². The molecule has 3 rings (SSSR count). The van der Waals surface area contributed by atoms with Crippen molar-refractivity contribution in [3.63, 3.8) is 0 Å². The summed E-state index contributed by atoms with van der Waals surface area (Å²) in [7, 11) is 13.3. The molecule has 0 aromatic heterocycles. The fraction of sp³-hybridized carbons (Fsp3) is 0.727. The van der Waals surface area contributed by atoms with E-state index in [4.69, 9.17) is 37.9 Å². The monoisotopic (exact) mass is 759 g/mol. The normalized spacial score (nSPS) is 13.5. The SMILES string of the molecule is COc1c(C)c(CCCCCCCCCN2CCN(CCCCCCCCCc3c(C)c(OC)c(OC)c(OC)c3OC)CC2)c(OC)c(OC)c1OC. The largest absolute Gasteiger partial charge is 0.492 e. The Morgan fingerprint density at radius 2 is 0.556 bits per heavy atom. The third-order valence-electron chi connectivity index (χ3n) is 11.3. The lowest BCUT2D eigenvalue weighted by Crippen LogP contribution is -2.46. The highest BCUT2D eigenvalue weighted by atomic mass is 16.6. The first-order valence-corrected chi connectivity index (χ1v) is 20.5. The van der Waals surface area contributed by atoms with E-state index in [1.54, 1.807) is 56.9 Å². The molecule has 1 heterocycles. The molecule has 308 valence electrons. The van der Waals surface area contributed by atoms with E-state index in [1.807, 2.05) is 0 Å². The standard InChI is InChI=1S/C44H74N2O8/c1-33-35(39(49-5)43(53-9)41(51-7)37(33)47-3)25-21-17-13-11-15-19-23-27-45-29-31-46(32-30-45)28-24-20-16-12-14-18-22-26-36-34(2)38(48-4)42(52-8)44(54-10)40(36)50-6/h11-32H2,1-10H3. The highest BCUT2D eigenvalue weighted by Crippen LogP contribution is 2.51. The number of benzene rings is 2. The summed E-state index contributed by atoms with van der Waals surface area (Å²) in [6, 6.07) is 0. The Balaban J connectivity index is 1.19. The Morgan fingerprint density at radius 3 is 0.833 bits per heavy atom. The molecule has 0 radical (unpaired) electrons. The van der Waals surface area contributed by atoms with E-state index in [1.165, 1.54) is 116 Å².